The lowest BCUT2D eigenvalue weighted by Crippen LogP contribution is -2.45. The van der Waals surface area contributed by atoms with Gasteiger partial charge in [-0.25, -0.2) is 4.98 Å². The van der Waals surface area contributed by atoms with Gasteiger partial charge in [-0.3, -0.25) is 9.59 Å². The summed E-state index contributed by atoms with van der Waals surface area (Å²) in [6, 6.07) is 2.57. The third-order valence-corrected chi connectivity index (χ3v) is 3.22. The minimum absolute atomic E-state index is 0.0137. The molecule has 1 aromatic rings. The van der Waals surface area contributed by atoms with Gasteiger partial charge in [0.2, 0.25) is 5.91 Å². The van der Waals surface area contributed by atoms with E-state index in [-0.39, 0.29) is 27.8 Å². The molecule has 1 saturated carbocycles. The number of carbonyl (C=O) groups excluding carboxylic acids is 2. The van der Waals surface area contributed by atoms with Crippen LogP contribution >= 0.6 is 23.2 Å². The molecule has 0 saturated heterocycles. The van der Waals surface area contributed by atoms with Crippen molar-refractivity contribution < 1.29 is 9.59 Å². The van der Waals surface area contributed by atoms with E-state index in [0.29, 0.717) is 0 Å². The van der Waals surface area contributed by atoms with Crippen molar-refractivity contribution in [2.24, 2.45) is 0 Å². The van der Waals surface area contributed by atoms with E-state index in [1.54, 1.807) is 6.92 Å². The average Bonchev–Trinajstić information content (AvgIpc) is 3.12. The number of aromatic nitrogens is 1. The van der Waals surface area contributed by atoms with Crippen LogP contribution in [0.15, 0.2) is 12.1 Å². The molecule has 1 aliphatic carbocycles. The first-order valence-electron chi connectivity index (χ1n) is 5.90. The van der Waals surface area contributed by atoms with E-state index in [2.05, 4.69) is 15.6 Å². The zero-order valence-corrected chi connectivity index (χ0v) is 11.8. The number of nitrogens with zero attached hydrogens (tertiary/aromatic N) is 1. The molecule has 1 unspecified atom stereocenters. The van der Waals surface area contributed by atoms with Crippen LogP contribution < -0.4 is 10.6 Å². The number of amides is 2. The number of pyridine rings is 1. The number of hydrogen-bond acceptors (Lipinski definition) is 3. The third kappa shape index (κ3) is 3.81. The fourth-order valence-electron chi connectivity index (χ4n) is 1.48. The summed E-state index contributed by atoms with van der Waals surface area (Å²) in [6.45, 7) is 1.62. The van der Waals surface area contributed by atoms with Gasteiger partial charge in [-0.2, -0.15) is 0 Å². The summed E-state index contributed by atoms with van der Waals surface area (Å²) in [4.78, 5) is 27.4. The van der Waals surface area contributed by atoms with Gasteiger partial charge >= 0.3 is 0 Å². The lowest BCUT2D eigenvalue weighted by Gasteiger charge is -2.14. The van der Waals surface area contributed by atoms with Crippen molar-refractivity contribution in [3.8, 4) is 0 Å². The molecule has 0 bridgehead atoms. The zero-order valence-electron chi connectivity index (χ0n) is 10.2. The lowest BCUT2D eigenvalue weighted by atomic mass is 10.2. The van der Waals surface area contributed by atoms with E-state index in [9.17, 15) is 9.59 Å². The van der Waals surface area contributed by atoms with Gasteiger partial charge in [0.05, 0.1) is 5.56 Å². The van der Waals surface area contributed by atoms with E-state index in [4.69, 9.17) is 23.2 Å². The number of rotatable bonds is 4. The molecule has 1 heterocycles. The van der Waals surface area contributed by atoms with Crippen LogP contribution in [0.5, 0.6) is 0 Å². The second kappa shape index (κ2) is 5.75. The predicted octanol–water partition coefficient (Wildman–Crippen LogP) is 1.79. The highest BCUT2D eigenvalue weighted by Gasteiger charge is 2.26. The Hall–Kier alpha value is -1.33. The third-order valence-electron chi connectivity index (χ3n) is 2.72. The van der Waals surface area contributed by atoms with Gasteiger partial charge in [-0.15, -0.1) is 0 Å². The lowest BCUT2D eigenvalue weighted by molar-refractivity contribution is -0.122. The Labute approximate surface area is 120 Å². The minimum atomic E-state index is -0.625. The molecule has 0 radical (unpaired) electrons. The molecule has 0 aromatic carbocycles. The summed E-state index contributed by atoms with van der Waals surface area (Å²) in [5.74, 6) is -0.651. The molecule has 19 heavy (non-hydrogen) atoms. The monoisotopic (exact) mass is 301 g/mol. The highest BCUT2D eigenvalue weighted by molar-refractivity contribution is 6.34. The van der Waals surface area contributed by atoms with Crippen molar-refractivity contribution in [2.75, 3.05) is 0 Å². The van der Waals surface area contributed by atoms with Crippen molar-refractivity contribution in [3.63, 3.8) is 0 Å². The summed E-state index contributed by atoms with van der Waals surface area (Å²) >= 11 is 11.5. The molecule has 5 nitrogen and oxygen atoms in total. The standard InChI is InChI=1S/C12H13Cl2N3O2/c1-6(11(18)16-7-2-3-7)15-12(19)8-4-5-9(13)17-10(8)14/h4-7H,2-3H2,1H3,(H,15,19)(H,16,18). The Morgan fingerprint density at radius 2 is 2.05 bits per heavy atom. The van der Waals surface area contributed by atoms with Gasteiger partial charge < -0.3 is 10.6 Å². The fraction of sp³-hybridized carbons (Fsp3) is 0.417. The Balaban J connectivity index is 1.97. The quantitative estimate of drug-likeness (QED) is 0.833. The van der Waals surface area contributed by atoms with Crippen molar-refractivity contribution in [2.45, 2.75) is 31.8 Å². The number of halogens is 2. The second-order valence-corrected chi connectivity index (χ2v) is 5.20. The van der Waals surface area contributed by atoms with Crippen LogP contribution in [0.1, 0.15) is 30.1 Å². The zero-order chi connectivity index (χ0) is 14.0. The molecule has 102 valence electrons. The van der Waals surface area contributed by atoms with E-state index >= 15 is 0 Å². The van der Waals surface area contributed by atoms with Crippen LogP contribution in [-0.4, -0.2) is 28.9 Å². The van der Waals surface area contributed by atoms with E-state index < -0.39 is 11.9 Å². The number of carbonyl (C=O) groups is 2. The molecule has 7 heteroatoms. The molecule has 2 amide bonds. The van der Waals surface area contributed by atoms with E-state index in [1.807, 2.05) is 0 Å². The van der Waals surface area contributed by atoms with Crippen molar-refractivity contribution in [3.05, 3.63) is 28.0 Å². The van der Waals surface area contributed by atoms with Crippen LogP contribution in [0.25, 0.3) is 0 Å². The topological polar surface area (TPSA) is 71.1 Å². The first kappa shape index (κ1) is 14.1. The Morgan fingerprint density at radius 3 is 2.63 bits per heavy atom. The Kier molecular flexibility index (Phi) is 4.27. The maximum Gasteiger partial charge on any atom is 0.255 e. The smallest absolute Gasteiger partial charge is 0.255 e. The Morgan fingerprint density at radius 1 is 1.37 bits per heavy atom. The maximum absolute atomic E-state index is 11.9. The first-order chi connectivity index (χ1) is 8.97. The normalized spacial score (nSPS) is 15.7. The molecule has 1 fully saturated rings. The van der Waals surface area contributed by atoms with E-state index in [0.717, 1.165) is 12.8 Å². The molecular weight excluding hydrogens is 289 g/mol. The molecule has 0 spiro atoms. The summed E-state index contributed by atoms with van der Waals surface area (Å²) < 4.78 is 0. The molecule has 1 atom stereocenters. The fourth-order valence-corrected chi connectivity index (χ4v) is 1.91. The van der Waals surface area contributed by atoms with Crippen LogP contribution in [0, 0.1) is 0 Å². The van der Waals surface area contributed by atoms with Crippen molar-refractivity contribution >= 4 is 35.0 Å². The summed E-state index contributed by atoms with van der Waals surface area (Å²) in [5, 5.41) is 5.60. The molecular formula is C12H13Cl2N3O2. The van der Waals surface area contributed by atoms with Crippen LogP contribution in [0.2, 0.25) is 10.3 Å². The SMILES string of the molecule is CC(NC(=O)c1ccc(Cl)nc1Cl)C(=O)NC1CC1. The summed E-state index contributed by atoms with van der Waals surface area (Å²) in [7, 11) is 0. The largest absolute Gasteiger partial charge is 0.352 e. The molecule has 0 aliphatic heterocycles. The van der Waals surface area contributed by atoms with Crippen LogP contribution in [0.4, 0.5) is 0 Å². The van der Waals surface area contributed by atoms with E-state index in [1.165, 1.54) is 12.1 Å². The van der Waals surface area contributed by atoms with Gasteiger partial charge in [0.25, 0.3) is 5.91 Å². The van der Waals surface area contributed by atoms with Gasteiger partial charge in [0.15, 0.2) is 0 Å². The highest BCUT2D eigenvalue weighted by atomic mass is 35.5. The molecule has 1 aliphatic rings. The highest BCUT2D eigenvalue weighted by Crippen LogP contribution is 2.19. The number of hydrogen-bond donors (Lipinski definition) is 2. The minimum Gasteiger partial charge on any atom is -0.352 e. The number of nitrogens with one attached hydrogen (secondary N) is 2. The van der Waals surface area contributed by atoms with Crippen LogP contribution in [-0.2, 0) is 4.79 Å². The molecule has 1 aromatic heterocycles. The maximum atomic E-state index is 11.9. The molecule has 2 N–H and O–H groups in total. The van der Waals surface area contributed by atoms with Crippen molar-refractivity contribution in [1.29, 1.82) is 0 Å². The van der Waals surface area contributed by atoms with Gasteiger partial charge in [-0.05, 0) is 31.9 Å². The van der Waals surface area contributed by atoms with Gasteiger partial charge in [0, 0.05) is 6.04 Å². The van der Waals surface area contributed by atoms with Gasteiger partial charge in [0.1, 0.15) is 16.3 Å². The van der Waals surface area contributed by atoms with Gasteiger partial charge in [-0.1, -0.05) is 23.2 Å². The summed E-state index contributed by atoms with van der Waals surface area (Å²) in [6.07, 6.45) is 2.00. The molecule has 2 rings (SSSR count). The summed E-state index contributed by atoms with van der Waals surface area (Å²) in [5.41, 5.74) is 0.192. The first-order valence-corrected chi connectivity index (χ1v) is 6.66. The average molecular weight is 302 g/mol. The predicted molar refractivity (Wildman–Crippen MR) is 72.3 cm³/mol. The van der Waals surface area contributed by atoms with Crippen molar-refractivity contribution in [1.82, 2.24) is 15.6 Å². The second-order valence-electron chi connectivity index (χ2n) is 4.45. The Bertz CT molecular complexity index is 518. The van der Waals surface area contributed by atoms with Crippen LogP contribution in [0.3, 0.4) is 0 Å².